The average molecular weight is 240 g/mol. The van der Waals surface area contributed by atoms with Crippen LogP contribution in [-0.4, -0.2) is 35.2 Å². The molecule has 0 aliphatic heterocycles. The summed E-state index contributed by atoms with van der Waals surface area (Å²) in [5.74, 6) is 0.734. The van der Waals surface area contributed by atoms with E-state index < -0.39 is 6.10 Å². The lowest BCUT2D eigenvalue weighted by atomic mass is 10.2. The highest BCUT2D eigenvalue weighted by atomic mass is 16.5. The first-order valence-corrected chi connectivity index (χ1v) is 5.63. The SMILES string of the molecule is COC(CN)C(=O)Nc1nccn1CC(C)C. The number of nitrogens with one attached hydrogen (secondary N) is 1. The van der Waals surface area contributed by atoms with Gasteiger partial charge in [-0.15, -0.1) is 0 Å². The van der Waals surface area contributed by atoms with Crippen LogP contribution in [0.3, 0.4) is 0 Å². The monoisotopic (exact) mass is 240 g/mol. The van der Waals surface area contributed by atoms with E-state index in [1.807, 2.05) is 10.8 Å². The van der Waals surface area contributed by atoms with Gasteiger partial charge in [0, 0.05) is 32.6 Å². The Morgan fingerprint density at radius 1 is 1.65 bits per heavy atom. The second-order valence-corrected chi connectivity index (χ2v) is 4.25. The van der Waals surface area contributed by atoms with Gasteiger partial charge < -0.3 is 15.0 Å². The van der Waals surface area contributed by atoms with E-state index in [0.29, 0.717) is 11.9 Å². The first-order valence-electron chi connectivity index (χ1n) is 5.63. The Bertz CT molecular complexity index is 358. The van der Waals surface area contributed by atoms with Gasteiger partial charge in [0.15, 0.2) is 0 Å². The largest absolute Gasteiger partial charge is 0.370 e. The van der Waals surface area contributed by atoms with E-state index in [1.54, 1.807) is 6.20 Å². The van der Waals surface area contributed by atoms with Gasteiger partial charge in [-0.05, 0) is 5.92 Å². The maximum atomic E-state index is 11.7. The van der Waals surface area contributed by atoms with Crippen molar-refractivity contribution < 1.29 is 9.53 Å². The summed E-state index contributed by atoms with van der Waals surface area (Å²) in [6.45, 7) is 5.15. The molecule has 0 bridgehead atoms. The maximum absolute atomic E-state index is 11.7. The smallest absolute Gasteiger partial charge is 0.257 e. The van der Waals surface area contributed by atoms with E-state index in [-0.39, 0.29) is 12.5 Å². The molecular formula is C11H20N4O2. The van der Waals surface area contributed by atoms with Crippen LogP contribution in [0.4, 0.5) is 5.95 Å². The van der Waals surface area contributed by atoms with Crippen molar-refractivity contribution in [3.8, 4) is 0 Å². The average Bonchev–Trinajstić information content (AvgIpc) is 2.66. The molecule has 1 rings (SSSR count). The van der Waals surface area contributed by atoms with Crippen LogP contribution >= 0.6 is 0 Å². The number of hydrogen-bond acceptors (Lipinski definition) is 4. The number of amides is 1. The summed E-state index contributed by atoms with van der Waals surface area (Å²) >= 11 is 0. The minimum Gasteiger partial charge on any atom is -0.370 e. The Labute approximate surface area is 101 Å². The van der Waals surface area contributed by atoms with Crippen molar-refractivity contribution in [3.05, 3.63) is 12.4 Å². The number of methoxy groups -OCH3 is 1. The molecule has 1 heterocycles. The lowest BCUT2D eigenvalue weighted by molar-refractivity contribution is -0.125. The van der Waals surface area contributed by atoms with Gasteiger partial charge in [0.2, 0.25) is 5.95 Å². The fourth-order valence-corrected chi connectivity index (χ4v) is 1.47. The van der Waals surface area contributed by atoms with Crippen LogP contribution in [0.15, 0.2) is 12.4 Å². The van der Waals surface area contributed by atoms with Crippen LogP contribution in [0.2, 0.25) is 0 Å². The number of anilines is 1. The van der Waals surface area contributed by atoms with Gasteiger partial charge in [0.25, 0.3) is 5.91 Å². The van der Waals surface area contributed by atoms with Crippen LogP contribution in [-0.2, 0) is 16.1 Å². The maximum Gasteiger partial charge on any atom is 0.257 e. The van der Waals surface area contributed by atoms with Crippen LogP contribution in [0.5, 0.6) is 0 Å². The summed E-state index contributed by atoms with van der Waals surface area (Å²) in [6.07, 6.45) is 2.85. The predicted octanol–water partition coefficient (Wildman–Crippen LogP) is 0.451. The Morgan fingerprint density at radius 2 is 2.35 bits per heavy atom. The van der Waals surface area contributed by atoms with Crippen LogP contribution < -0.4 is 11.1 Å². The Kier molecular flexibility index (Phi) is 5.11. The Morgan fingerprint density at radius 3 is 2.88 bits per heavy atom. The third-order valence-electron chi connectivity index (χ3n) is 2.30. The zero-order valence-corrected chi connectivity index (χ0v) is 10.5. The van der Waals surface area contributed by atoms with Crippen molar-refractivity contribution in [3.63, 3.8) is 0 Å². The molecule has 1 atom stereocenters. The van der Waals surface area contributed by atoms with E-state index in [2.05, 4.69) is 24.1 Å². The summed E-state index contributed by atoms with van der Waals surface area (Å²) in [4.78, 5) is 15.8. The van der Waals surface area contributed by atoms with Crippen LogP contribution in [0.25, 0.3) is 0 Å². The Hall–Kier alpha value is -1.40. The van der Waals surface area contributed by atoms with Gasteiger partial charge in [-0.25, -0.2) is 4.98 Å². The highest BCUT2D eigenvalue weighted by molar-refractivity contribution is 5.92. The van der Waals surface area contributed by atoms with E-state index in [0.717, 1.165) is 6.54 Å². The molecule has 6 heteroatoms. The van der Waals surface area contributed by atoms with Crippen molar-refractivity contribution in [2.24, 2.45) is 11.7 Å². The topological polar surface area (TPSA) is 82.2 Å². The number of carbonyl (C=O) groups is 1. The van der Waals surface area contributed by atoms with Crippen molar-refractivity contribution >= 4 is 11.9 Å². The second kappa shape index (κ2) is 6.36. The Balaban J connectivity index is 2.68. The highest BCUT2D eigenvalue weighted by Gasteiger charge is 2.17. The van der Waals surface area contributed by atoms with Gasteiger partial charge in [-0.3, -0.25) is 10.1 Å². The first kappa shape index (κ1) is 13.7. The number of nitrogens with two attached hydrogens (primary N) is 1. The highest BCUT2D eigenvalue weighted by Crippen LogP contribution is 2.08. The van der Waals surface area contributed by atoms with Crippen molar-refractivity contribution in [1.29, 1.82) is 0 Å². The first-order chi connectivity index (χ1) is 8.08. The third kappa shape index (κ3) is 3.83. The molecule has 6 nitrogen and oxygen atoms in total. The van der Waals surface area contributed by atoms with E-state index in [4.69, 9.17) is 10.5 Å². The van der Waals surface area contributed by atoms with Gasteiger partial charge in [-0.1, -0.05) is 13.8 Å². The predicted molar refractivity (Wildman–Crippen MR) is 65.5 cm³/mol. The second-order valence-electron chi connectivity index (χ2n) is 4.25. The number of hydrogen-bond donors (Lipinski definition) is 2. The van der Waals surface area contributed by atoms with Crippen LogP contribution in [0.1, 0.15) is 13.8 Å². The van der Waals surface area contributed by atoms with Gasteiger partial charge in [0.05, 0.1) is 0 Å². The van der Waals surface area contributed by atoms with E-state index in [9.17, 15) is 4.79 Å². The molecule has 96 valence electrons. The molecule has 0 saturated carbocycles. The molecule has 0 fully saturated rings. The fourth-order valence-electron chi connectivity index (χ4n) is 1.47. The van der Waals surface area contributed by atoms with Gasteiger partial charge in [0.1, 0.15) is 6.10 Å². The molecule has 0 aromatic carbocycles. The minimum absolute atomic E-state index is 0.146. The summed E-state index contributed by atoms with van der Waals surface area (Å²) < 4.78 is 6.85. The van der Waals surface area contributed by atoms with Crippen molar-refractivity contribution in [1.82, 2.24) is 9.55 Å². The van der Waals surface area contributed by atoms with Crippen molar-refractivity contribution in [2.45, 2.75) is 26.5 Å². The standard InChI is InChI=1S/C11H20N4O2/c1-8(2)7-15-5-4-13-11(15)14-10(16)9(6-12)17-3/h4-5,8-9H,6-7,12H2,1-3H3,(H,13,14,16). The van der Waals surface area contributed by atoms with E-state index in [1.165, 1.54) is 7.11 Å². The number of imidazole rings is 1. The number of ether oxygens (including phenoxy) is 1. The number of carbonyl (C=O) groups excluding carboxylic acids is 1. The number of aromatic nitrogens is 2. The zero-order valence-electron chi connectivity index (χ0n) is 10.5. The summed E-state index contributed by atoms with van der Waals surface area (Å²) in [6, 6.07) is 0. The lowest BCUT2D eigenvalue weighted by Crippen LogP contribution is -2.36. The molecule has 1 aromatic heterocycles. The van der Waals surface area contributed by atoms with Gasteiger partial charge >= 0.3 is 0 Å². The molecule has 0 aliphatic rings. The molecule has 0 aliphatic carbocycles. The molecule has 1 amide bonds. The summed E-state index contributed by atoms with van der Waals surface area (Å²) in [5.41, 5.74) is 5.42. The molecular weight excluding hydrogens is 220 g/mol. The quantitative estimate of drug-likeness (QED) is 0.756. The number of rotatable bonds is 6. The molecule has 0 saturated heterocycles. The molecule has 1 unspecified atom stereocenters. The summed E-state index contributed by atoms with van der Waals surface area (Å²) in [7, 11) is 1.46. The van der Waals surface area contributed by atoms with E-state index >= 15 is 0 Å². The normalized spacial score (nSPS) is 12.8. The summed E-state index contributed by atoms with van der Waals surface area (Å²) in [5, 5.41) is 2.71. The minimum atomic E-state index is -0.640. The molecule has 1 aromatic rings. The van der Waals surface area contributed by atoms with Gasteiger partial charge in [-0.2, -0.15) is 0 Å². The molecule has 3 N–H and O–H groups in total. The number of nitrogens with zero attached hydrogens (tertiary/aromatic N) is 2. The fraction of sp³-hybridized carbons (Fsp3) is 0.636. The molecule has 17 heavy (non-hydrogen) atoms. The van der Waals surface area contributed by atoms with Crippen molar-refractivity contribution in [2.75, 3.05) is 19.0 Å². The third-order valence-corrected chi connectivity index (χ3v) is 2.30. The van der Waals surface area contributed by atoms with Crippen LogP contribution in [0, 0.1) is 5.92 Å². The zero-order chi connectivity index (χ0) is 12.8. The molecule has 0 radical (unpaired) electrons. The molecule has 0 spiro atoms. The lowest BCUT2D eigenvalue weighted by Gasteiger charge is -2.14.